The number of nitrogens with one attached hydrogen (secondary N) is 1. The Morgan fingerprint density at radius 1 is 1.06 bits per heavy atom. The van der Waals surface area contributed by atoms with Crippen molar-refractivity contribution in [3.8, 4) is 11.3 Å². The van der Waals surface area contributed by atoms with Crippen molar-refractivity contribution in [1.29, 1.82) is 0 Å². The molecule has 35 heavy (non-hydrogen) atoms. The van der Waals surface area contributed by atoms with Crippen LogP contribution in [0.4, 0.5) is 16.4 Å². The molecule has 0 spiro atoms. The Hall–Kier alpha value is -3.32. The normalized spacial score (nSPS) is 18.0. The topological polar surface area (TPSA) is 70.8 Å². The monoisotopic (exact) mass is 474 g/mol. The molecule has 2 amide bonds. The van der Waals surface area contributed by atoms with E-state index in [4.69, 9.17) is 9.26 Å². The van der Waals surface area contributed by atoms with Gasteiger partial charge in [0.15, 0.2) is 0 Å². The molecule has 5 rings (SSSR count). The van der Waals surface area contributed by atoms with E-state index in [2.05, 4.69) is 15.4 Å². The number of hydrogen-bond donors (Lipinski definition) is 1. The van der Waals surface area contributed by atoms with Crippen LogP contribution in [0.3, 0.4) is 0 Å². The lowest BCUT2D eigenvalue weighted by Gasteiger charge is -2.29. The van der Waals surface area contributed by atoms with E-state index in [9.17, 15) is 4.79 Å². The number of anilines is 2. The number of hydrogen-bond acceptors (Lipinski definition) is 5. The van der Waals surface area contributed by atoms with Gasteiger partial charge in [-0.3, -0.25) is 0 Å². The highest BCUT2D eigenvalue weighted by atomic mass is 16.5. The van der Waals surface area contributed by atoms with Gasteiger partial charge in [0.05, 0.1) is 18.2 Å². The molecule has 2 aliphatic heterocycles. The molecule has 7 heteroatoms. The summed E-state index contributed by atoms with van der Waals surface area (Å²) < 4.78 is 11.9. The molecule has 2 aliphatic rings. The lowest BCUT2D eigenvalue weighted by molar-refractivity contribution is 0.0819. The Morgan fingerprint density at radius 3 is 2.54 bits per heavy atom. The van der Waals surface area contributed by atoms with Gasteiger partial charge in [0.2, 0.25) is 5.88 Å². The zero-order chi connectivity index (χ0) is 24.0. The zero-order valence-corrected chi connectivity index (χ0v) is 20.4. The summed E-state index contributed by atoms with van der Waals surface area (Å²) in [6.45, 7) is 5.59. The molecule has 7 nitrogen and oxygen atoms in total. The minimum Gasteiger partial charge on any atom is -0.376 e. The Balaban J connectivity index is 1.46. The van der Waals surface area contributed by atoms with Gasteiger partial charge >= 0.3 is 6.03 Å². The number of aromatic nitrogens is 1. The third-order valence-electron chi connectivity index (χ3n) is 6.84. The zero-order valence-electron chi connectivity index (χ0n) is 20.4. The molecule has 3 heterocycles. The van der Waals surface area contributed by atoms with Crippen LogP contribution >= 0.6 is 0 Å². The van der Waals surface area contributed by atoms with Crippen LogP contribution in [0, 0.1) is 6.92 Å². The first kappa shape index (κ1) is 23.4. The minimum absolute atomic E-state index is 0.0391. The van der Waals surface area contributed by atoms with E-state index in [1.165, 1.54) is 6.42 Å². The van der Waals surface area contributed by atoms with Gasteiger partial charge in [0, 0.05) is 37.5 Å². The number of carbonyl (C=O) groups excluding carboxylic acids is 1. The molecule has 184 valence electrons. The minimum atomic E-state index is -0.144. The largest absolute Gasteiger partial charge is 0.376 e. The van der Waals surface area contributed by atoms with Gasteiger partial charge in [0.25, 0.3) is 0 Å². The third-order valence-corrected chi connectivity index (χ3v) is 6.84. The second kappa shape index (κ2) is 11.0. The first-order valence-electron chi connectivity index (χ1n) is 12.7. The van der Waals surface area contributed by atoms with Crippen molar-refractivity contribution in [2.45, 2.75) is 51.7 Å². The lowest BCUT2D eigenvalue weighted by atomic mass is 10.1. The molecule has 2 aromatic carbocycles. The van der Waals surface area contributed by atoms with Crippen LogP contribution in [0.1, 0.15) is 43.2 Å². The highest BCUT2D eigenvalue weighted by Gasteiger charge is 2.29. The van der Waals surface area contributed by atoms with Crippen LogP contribution in [0.25, 0.3) is 11.3 Å². The average Bonchev–Trinajstić information content (AvgIpc) is 3.56. The first-order chi connectivity index (χ1) is 17.2. The number of urea groups is 1. The van der Waals surface area contributed by atoms with Crippen molar-refractivity contribution in [3.05, 3.63) is 65.7 Å². The van der Waals surface area contributed by atoms with Crippen LogP contribution in [0.15, 0.2) is 59.1 Å². The van der Waals surface area contributed by atoms with Crippen molar-refractivity contribution >= 4 is 17.6 Å². The molecule has 0 saturated carbocycles. The summed E-state index contributed by atoms with van der Waals surface area (Å²) in [4.78, 5) is 17.7. The molecule has 2 saturated heterocycles. The van der Waals surface area contributed by atoms with Gasteiger partial charge < -0.3 is 24.4 Å². The highest BCUT2D eigenvalue weighted by molar-refractivity contribution is 5.89. The number of ether oxygens (including phenoxy) is 1. The molecule has 1 N–H and O–H groups in total. The van der Waals surface area contributed by atoms with Crippen molar-refractivity contribution in [1.82, 2.24) is 10.1 Å². The fraction of sp³-hybridized carbons (Fsp3) is 0.429. The van der Waals surface area contributed by atoms with Gasteiger partial charge in [-0.05, 0) is 51.2 Å². The van der Waals surface area contributed by atoms with E-state index in [-0.39, 0.29) is 12.1 Å². The summed E-state index contributed by atoms with van der Waals surface area (Å²) in [6, 6.07) is 17.8. The number of amides is 2. The van der Waals surface area contributed by atoms with Gasteiger partial charge in [0.1, 0.15) is 5.69 Å². The summed E-state index contributed by atoms with van der Waals surface area (Å²) in [5.41, 5.74) is 4.68. The van der Waals surface area contributed by atoms with Crippen LogP contribution in [-0.4, -0.2) is 48.4 Å². The van der Waals surface area contributed by atoms with Crippen molar-refractivity contribution in [2.75, 3.05) is 36.5 Å². The van der Waals surface area contributed by atoms with Gasteiger partial charge in [-0.15, -0.1) is 0 Å². The molecule has 0 aliphatic carbocycles. The molecular weight excluding hydrogens is 440 g/mol. The fourth-order valence-electron chi connectivity index (χ4n) is 4.90. The Morgan fingerprint density at radius 2 is 1.83 bits per heavy atom. The molecule has 0 bridgehead atoms. The quantitative estimate of drug-likeness (QED) is 0.465. The maximum Gasteiger partial charge on any atom is 0.322 e. The number of benzene rings is 2. The third kappa shape index (κ3) is 5.68. The van der Waals surface area contributed by atoms with E-state index in [0.29, 0.717) is 13.1 Å². The lowest BCUT2D eigenvalue weighted by Crippen LogP contribution is -2.40. The van der Waals surface area contributed by atoms with Crippen LogP contribution in [0.2, 0.25) is 0 Å². The number of aryl methyl sites for hydroxylation is 1. The Kier molecular flexibility index (Phi) is 7.33. The molecule has 1 aromatic heterocycles. The van der Waals surface area contributed by atoms with Crippen LogP contribution < -0.4 is 10.2 Å². The summed E-state index contributed by atoms with van der Waals surface area (Å²) in [5, 5.41) is 7.57. The maximum atomic E-state index is 13.5. The standard InChI is InChI=1S/C28H34N4O3/c1-21-12-14-23(15-13-21)29-28(33)32(19-24-11-8-18-34-24)20-25-26(22-9-4-2-5-10-22)30-35-27(25)31-16-6-3-7-17-31/h2,4-5,9-10,12-15,24H,3,6-8,11,16-20H2,1H3,(H,29,33). The van der Waals surface area contributed by atoms with Gasteiger partial charge in [-0.1, -0.05) is 53.2 Å². The van der Waals surface area contributed by atoms with E-state index in [1.54, 1.807) is 0 Å². The average molecular weight is 475 g/mol. The summed E-state index contributed by atoms with van der Waals surface area (Å²) in [7, 11) is 0. The molecule has 3 aromatic rings. The smallest absolute Gasteiger partial charge is 0.322 e. The molecule has 1 atom stereocenters. The molecule has 0 radical (unpaired) electrons. The number of piperidine rings is 1. The highest BCUT2D eigenvalue weighted by Crippen LogP contribution is 2.34. The molecule has 2 fully saturated rings. The van der Waals surface area contributed by atoms with Gasteiger partial charge in [-0.2, -0.15) is 0 Å². The Labute approximate surface area is 207 Å². The maximum absolute atomic E-state index is 13.5. The van der Waals surface area contributed by atoms with E-state index >= 15 is 0 Å². The summed E-state index contributed by atoms with van der Waals surface area (Å²) in [5.74, 6) is 0.782. The molecular formula is C28H34N4O3. The molecule has 1 unspecified atom stereocenters. The van der Waals surface area contributed by atoms with Crippen molar-refractivity contribution < 1.29 is 14.1 Å². The first-order valence-corrected chi connectivity index (χ1v) is 12.7. The van der Waals surface area contributed by atoms with E-state index < -0.39 is 0 Å². The SMILES string of the molecule is Cc1ccc(NC(=O)N(Cc2c(-c3ccccc3)noc2N2CCCCC2)CC2CCCO2)cc1. The number of nitrogens with zero attached hydrogens (tertiary/aromatic N) is 3. The van der Waals surface area contributed by atoms with E-state index in [0.717, 1.165) is 79.3 Å². The number of rotatable bonds is 7. The van der Waals surface area contributed by atoms with Crippen LogP contribution in [-0.2, 0) is 11.3 Å². The summed E-state index contributed by atoms with van der Waals surface area (Å²) in [6.07, 6.45) is 5.53. The van der Waals surface area contributed by atoms with Crippen molar-refractivity contribution in [2.24, 2.45) is 0 Å². The van der Waals surface area contributed by atoms with Crippen LogP contribution in [0.5, 0.6) is 0 Å². The fourth-order valence-corrected chi connectivity index (χ4v) is 4.90. The van der Waals surface area contributed by atoms with Gasteiger partial charge in [-0.25, -0.2) is 4.79 Å². The van der Waals surface area contributed by atoms with Crippen molar-refractivity contribution in [3.63, 3.8) is 0 Å². The summed E-state index contributed by atoms with van der Waals surface area (Å²) >= 11 is 0. The second-order valence-electron chi connectivity index (χ2n) is 9.54. The second-order valence-corrected chi connectivity index (χ2v) is 9.54. The Bertz CT molecular complexity index is 1100. The number of carbonyl (C=O) groups is 1. The van der Waals surface area contributed by atoms with E-state index in [1.807, 2.05) is 66.4 Å². The predicted octanol–water partition coefficient (Wildman–Crippen LogP) is 5.85. The predicted molar refractivity (Wildman–Crippen MR) is 138 cm³/mol.